The molecule has 2 heterocycles. The number of nitrogens with one attached hydrogen (secondary N) is 1. The van der Waals surface area contributed by atoms with E-state index in [0.29, 0.717) is 23.9 Å². The Bertz CT molecular complexity index is 491. The smallest absolute Gasteiger partial charge is 0.375 e. The molecule has 1 aromatic rings. The van der Waals surface area contributed by atoms with Crippen LogP contribution in [0.3, 0.4) is 0 Å². The van der Waals surface area contributed by atoms with E-state index < -0.39 is 11.7 Å². The summed E-state index contributed by atoms with van der Waals surface area (Å²) in [4.78, 5) is 3.87. The highest BCUT2D eigenvalue weighted by atomic mass is 79.9. The summed E-state index contributed by atoms with van der Waals surface area (Å²) in [6.45, 7) is 4.39. The maximum atomic E-state index is 13.0. The summed E-state index contributed by atoms with van der Waals surface area (Å²) in [5.41, 5.74) is -1.08. The summed E-state index contributed by atoms with van der Waals surface area (Å²) in [6.07, 6.45) is -1.76. The second-order valence-corrected chi connectivity index (χ2v) is 6.41. The lowest BCUT2D eigenvalue weighted by Crippen LogP contribution is -2.40. The van der Waals surface area contributed by atoms with E-state index in [1.807, 2.05) is 13.8 Å². The number of hydrogen-bond acceptors (Lipinski definition) is 3. The van der Waals surface area contributed by atoms with Crippen LogP contribution >= 0.6 is 15.9 Å². The Labute approximate surface area is 124 Å². The molecule has 1 saturated heterocycles. The predicted octanol–water partition coefficient (Wildman–Crippen LogP) is 4.23. The molecule has 112 valence electrons. The lowest BCUT2D eigenvalue weighted by atomic mass is 9.94. The number of pyridine rings is 1. The quantitative estimate of drug-likeness (QED) is 0.864. The van der Waals surface area contributed by atoms with Gasteiger partial charge in [-0.1, -0.05) is 0 Å². The van der Waals surface area contributed by atoms with Gasteiger partial charge in [-0.2, -0.15) is 13.2 Å². The molecular formula is C13H16BrF3N2O. The fourth-order valence-corrected chi connectivity index (χ4v) is 2.65. The zero-order chi connectivity index (χ0) is 15.0. The average Bonchev–Trinajstić information content (AvgIpc) is 2.29. The van der Waals surface area contributed by atoms with Crippen LogP contribution in [-0.2, 0) is 10.9 Å². The van der Waals surface area contributed by atoms with Gasteiger partial charge in [0.2, 0.25) is 0 Å². The first-order chi connectivity index (χ1) is 9.17. The monoisotopic (exact) mass is 352 g/mol. The Morgan fingerprint density at radius 1 is 1.45 bits per heavy atom. The van der Waals surface area contributed by atoms with Crippen molar-refractivity contribution in [3.63, 3.8) is 0 Å². The molecule has 1 aliphatic heterocycles. The molecule has 1 atom stereocenters. The van der Waals surface area contributed by atoms with Gasteiger partial charge in [0.25, 0.3) is 0 Å². The number of aromatic nitrogens is 1. The van der Waals surface area contributed by atoms with Crippen molar-refractivity contribution in [2.75, 3.05) is 11.9 Å². The van der Waals surface area contributed by atoms with E-state index in [1.54, 1.807) is 0 Å². The highest BCUT2D eigenvalue weighted by Crippen LogP contribution is 2.36. The van der Waals surface area contributed by atoms with Crippen LogP contribution < -0.4 is 5.32 Å². The number of halogens is 4. The molecule has 1 unspecified atom stereocenters. The first kappa shape index (κ1) is 15.6. The van der Waals surface area contributed by atoms with Crippen molar-refractivity contribution >= 4 is 21.7 Å². The van der Waals surface area contributed by atoms with E-state index in [1.165, 1.54) is 6.20 Å². The highest BCUT2D eigenvalue weighted by Gasteiger charge is 2.36. The molecule has 7 heteroatoms. The second kappa shape index (κ2) is 5.52. The minimum Gasteiger partial charge on any atom is -0.375 e. The number of hydrogen-bond donors (Lipinski definition) is 1. The van der Waals surface area contributed by atoms with Crippen molar-refractivity contribution in [2.45, 2.75) is 44.5 Å². The van der Waals surface area contributed by atoms with Gasteiger partial charge in [0, 0.05) is 23.3 Å². The molecule has 0 radical (unpaired) electrons. The van der Waals surface area contributed by atoms with E-state index in [-0.39, 0.29) is 17.5 Å². The number of anilines is 1. The van der Waals surface area contributed by atoms with Crippen molar-refractivity contribution in [3.8, 4) is 0 Å². The first-order valence-corrected chi connectivity index (χ1v) is 7.10. The zero-order valence-electron chi connectivity index (χ0n) is 11.2. The van der Waals surface area contributed by atoms with Gasteiger partial charge >= 0.3 is 6.18 Å². The Morgan fingerprint density at radius 3 is 2.75 bits per heavy atom. The summed E-state index contributed by atoms with van der Waals surface area (Å²) in [5, 5.41) is 2.91. The summed E-state index contributed by atoms with van der Waals surface area (Å²) in [6, 6.07) is 0.966. The highest BCUT2D eigenvalue weighted by molar-refractivity contribution is 9.10. The van der Waals surface area contributed by atoms with Gasteiger partial charge < -0.3 is 10.1 Å². The van der Waals surface area contributed by atoms with Gasteiger partial charge in [0.05, 0.1) is 11.2 Å². The molecule has 0 aliphatic carbocycles. The van der Waals surface area contributed by atoms with Crippen molar-refractivity contribution in [3.05, 3.63) is 22.3 Å². The summed E-state index contributed by atoms with van der Waals surface area (Å²) >= 11 is 3.02. The van der Waals surface area contributed by atoms with Crippen LogP contribution in [0.2, 0.25) is 0 Å². The SMILES string of the molecule is CC1(C)CC(Nc2ncc(Br)cc2C(F)(F)F)CCO1. The molecule has 3 nitrogen and oxygen atoms in total. The normalized spacial score (nSPS) is 22.6. The Kier molecular flexibility index (Phi) is 4.30. The zero-order valence-corrected chi connectivity index (χ0v) is 12.8. The maximum Gasteiger partial charge on any atom is 0.419 e. The Morgan fingerprint density at radius 2 is 2.15 bits per heavy atom. The third-order valence-electron chi connectivity index (χ3n) is 3.20. The minimum absolute atomic E-state index is 0.0754. The maximum absolute atomic E-state index is 13.0. The molecule has 20 heavy (non-hydrogen) atoms. The molecule has 0 spiro atoms. The first-order valence-electron chi connectivity index (χ1n) is 6.31. The lowest BCUT2D eigenvalue weighted by Gasteiger charge is -2.36. The Hall–Kier alpha value is -0.820. The lowest BCUT2D eigenvalue weighted by molar-refractivity contribution is -0.137. The van der Waals surface area contributed by atoms with E-state index in [0.717, 1.165) is 6.07 Å². The van der Waals surface area contributed by atoms with Gasteiger partial charge in [-0.05, 0) is 48.7 Å². The Balaban J connectivity index is 2.21. The van der Waals surface area contributed by atoms with E-state index >= 15 is 0 Å². The standard InChI is InChI=1S/C13H16BrF3N2O/c1-12(2)6-9(3-4-20-12)19-11-10(13(15,16)17)5-8(14)7-18-11/h5,7,9H,3-4,6H2,1-2H3,(H,18,19). The minimum atomic E-state index is -4.43. The fourth-order valence-electron chi connectivity index (χ4n) is 2.32. The van der Waals surface area contributed by atoms with Gasteiger partial charge in [0.1, 0.15) is 5.82 Å². The van der Waals surface area contributed by atoms with Crippen molar-refractivity contribution < 1.29 is 17.9 Å². The van der Waals surface area contributed by atoms with Crippen LogP contribution in [0.5, 0.6) is 0 Å². The fraction of sp³-hybridized carbons (Fsp3) is 0.615. The van der Waals surface area contributed by atoms with Gasteiger partial charge in [0.15, 0.2) is 0 Å². The number of rotatable bonds is 2. The molecule has 0 amide bonds. The average molecular weight is 353 g/mol. The predicted molar refractivity (Wildman–Crippen MR) is 73.6 cm³/mol. The molecule has 0 aromatic carbocycles. The third kappa shape index (κ3) is 3.85. The van der Waals surface area contributed by atoms with E-state index in [9.17, 15) is 13.2 Å². The number of ether oxygens (including phenoxy) is 1. The third-order valence-corrected chi connectivity index (χ3v) is 3.63. The summed E-state index contributed by atoms with van der Waals surface area (Å²) in [7, 11) is 0. The largest absolute Gasteiger partial charge is 0.419 e. The summed E-state index contributed by atoms with van der Waals surface area (Å²) < 4.78 is 44.9. The van der Waals surface area contributed by atoms with Crippen molar-refractivity contribution in [2.24, 2.45) is 0 Å². The molecule has 1 aromatic heterocycles. The molecule has 1 aliphatic rings. The van der Waals surface area contributed by atoms with E-state index in [2.05, 4.69) is 26.2 Å². The molecule has 0 saturated carbocycles. The van der Waals surface area contributed by atoms with Crippen molar-refractivity contribution in [1.29, 1.82) is 0 Å². The topological polar surface area (TPSA) is 34.2 Å². The molecular weight excluding hydrogens is 337 g/mol. The number of nitrogens with zero attached hydrogens (tertiary/aromatic N) is 1. The van der Waals surface area contributed by atoms with Gasteiger partial charge in [-0.3, -0.25) is 0 Å². The van der Waals surface area contributed by atoms with Crippen LogP contribution in [-0.4, -0.2) is 23.2 Å². The van der Waals surface area contributed by atoms with Crippen LogP contribution in [0.4, 0.5) is 19.0 Å². The van der Waals surface area contributed by atoms with Crippen molar-refractivity contribution in [1.82, 2.24) is 4.98 Å². The van der Waals surface area contributed by atoms with Crippen LogP contribution in [0.1, 0.15) is 32.3 Å². The molecule has 1 fully saturated rings. The van der Waals surface area contributed by atoms with E-state index in [4.69, 9.17) is 4.74 Å². The molecule has 0 bridgehead atoms. The second-order valence-electron chi connectivity index (χ2n) is 5.49. The molecule has 1 N–H and O–H groups in total. The summed E-state index contributed by atoms with van der Waals surface area (Å²) in [5.74, 6) is -0.122. The van der Waals surface area contributed by atoms with Crippen LogP contribution in [0.25, 0.3) is 0 Å². The number of alkyl halides is 3. The van der Waals surface area contributed by atoms with Crippen LogP contribution in [0.15, 0.2) is 16.7 Å². The van der Waals surface area contributed by atoms with Gasteiger partial charge in [-0.25, -0.2) is 4.98 Å². The van der Waals surface area contributed by atoms with Gasteiger partial charge in [-0.15, -0.1) is 0 Å². The van der Waals surface area contributed by atoms with Crippen LogP contribution in [0, 0.1) is 0 Å². The molecule has 2 rings (SSSR count).